The number of ether oxygens (including phenoxy) is 2. The number of amides is 1. The molecule has 0 radical (unpaired) electrons. The quantitative estimate of drug-likeness (QED) is 0.552. The summed E-state index contributed by atoms with van der Waals surface area (Å²) in [6.07, 6.45) is 5.03. The molecule has 1 aromatic heterocycles. The highest BCUT2D eigenvalue weighted by molar-refractivity contribution is 5.89. The van der Waals surface area contributed by atoms with E-state index in [1.807, 2.05) is 24.3 Å². The molecule has 0 saturated heterocycles. The Balaban J connectivity index is 0.000000414. The number of methoxy groups -OCH3 is 1. The van der Waals surface area contributed by atoms with Gasteiger partial charge in [-0.1, -0.05) is 6.07 Å². The summed E-state index contributed by atoms with van der Waals surface area (Å²) in [6, 6.07) is 7.70. The van der Waals surface area contributed by atoms with E-state index in [2.05, 4.69) is 15.4 Å². The van der Waals surface area contributed by atoms with Crippen LogP contribution in [0, 0.1) is 0 Å². The number of pyridine rings is 1. The number of rotatable bonds is 6. The fourth-order valence-corrected chi connectivity index (χ4v) is 2.88. The van der Waals surface area contributed by atoms with Crippen LogP contribution in [0.3, 0.4) is 0 Å². The number of carboxylic acid groups (broad SMARTS) is 2. The normalized spacial score (nSPS) is 12.7. The largest absolute Gasteiger partial charge is 0.493 e. The molecule has 0 atom stereocenters. The molecule has 1 aliphatic heterocycles. The van der Waals surface area contributed by atoms with Gasteiger partial charge in [0.25, 0.3) is 0 Å². The Labute approximate surface area is 190 Å². The van der Waals surface area contributed by atoms with Crippen molar-refractivity contribution in [3.05, 3.63) is 59.9 Å². The number of carbonyl (C=O) groups is 3. The number of hydrogen-bond donors (Lipinski definition) is 3. The first-order valence-electron chi connectivity index (χ1n) is 9.84. The van der Waals surface area contributed by atoms with E-state index in [4.69, 9.17) is 19.7 Å². The van der Waals surface area contributed by atoms with Crippen molar-refractivity contribution >= 4 is 23.7 Å². The van der Waals surface area contributed by atoms with Gasteiger partial charge in [0, 0.05) is 57.3 Å². The Bertz CT molecular complexity index is 993. The van der Waals surface area contributed by atoms with Gasteiger partial charge in [0.15, 0.2) is 11.5 Å². The van der Waals surface area contributed by atoms with E-state index < -0.39 is 18.0 Å². The van der Waals surface area contributed by atoms with Crippen molar-refractivity contribution in [1.82, 2.24) is 14.9 Å². The second-order valence-electron chi connectivity index (χ2n) is 7.03. The van der Waals surface area contributed by atoms with Crippen LogP contribution < -0.4 is 14.9 Å². The number of hydrazine groups is 1. The molecule has 11 heteroatoms. The molecule has 1 amide bonds. The van der Waals surface area contributed by atoms with Gasteiger partial charge in [-0.25, -0.2) is 19.4 Å². The van der Waals surface area contributed by atoms with Gasteiger partial charge in [-0.3, -0.25) is 4.98 Å². The van der Waals surface area contributed by atoms with E-state index in [0.717, 1.165) is 29.8 Å². The van der Waals surface area contributed by atoms with Crippen molar-refractivity contribution < 1.29 is 34.1 Å². The van der Waals surface area contributed by atoms with Gasteiger partial charge >= 0.3 is 18.0 Å². The van der Waals surface area contributed by atoms with Crippen LogP contribution in [-0.2, 0) is 22.6 Å². The van der Waals surface area contributed by atoms with E-state index in [0.29, 0.717) is 30.2 Å². The lowest BCUT2D eigenvalue weighted by Crippen LogP contribution is -2.36. The summed E-state index contributed by atoms with van der Waals surface area (Å²) in [5.41, 5.74) is 6.45. The third kappa shape index (κ3) is 7.82. The van der Waals surface area contributed by atoms with Gasteiger partial charge in [-0.2, -0.15) is 0 Å². The Kier molecular flexibility index (Phi) is 9.18. The third-order valence-electron chi connectivity index (χ3n) is 4.43. The molecule has 2 heterocycles. The van der Waals surface area contributed by atoms with E-state index in [1.165, 1.54) is 4.90 Å². The number of carbonyl (C=O) groups excluding carboxylic acids is 1. The van der Waals surface area contributed by atoms with Crippen molar-refractivity contribution in [2.75, 3.05) is 33.2 Å². The Morgan fingerprint density at radius 1 is 1.09 bits per heavy atom. The molecule has 11 nitrogen and oxygen atoms in total. The highest BCUT2D eigenvalue weighted by atomic mass is 16.6. The van der Waals surface area contributed by atoms with Crippen molar-refractivity contribution in [1.29, 1.82) is 0 Å². The lowest BCUT2D eigenvalue weighted by Gasteiger charge is -2.31. The maximum Gasteiger partial charge on any atom is 0.414 e. The number of carboxylic acids is 2. The predicted molar refractivity (Wildman–Crippen MR) is 119 cm³/mol. The predicted octanol–water partition coefficient (Wildman–Crippen LogP) is 2.25. The van der Waals surface area contributed by atoms with Crippen LogP contribution in [0.4, 0.5) is 10.5 Å². The van der Waals surface area contributed by atoms with Crippen LogP contribution in [0.2, 0.25) is 0 Å². The highest BCUT2D eigenvalue weighted by Gasteiger charge is 2.25. The fraction of sp³-hybridized carbons (Fsp3) is 0.273. The van der Waals surface area contributed by atoms with Crippen LogP contribution in [-0.4, -0.2) is 70.9 Å². The first-order chi connectivity index (χ1) is 15.7. The minimum atomic E-state index is -1.26. The Morgan fingerprint density at radius 2 is 1.73 bits per heavy atom. The molecule has 1 aliphatic rings. The molecule has 1 aromatic carbocycles. The molecule has 0 saturated carbocycles. The van der Waals surface area contributed by atoms with E-state index in [9.17, 15) is 14.4 Å². The topological polar surface area (TPSA) is 142 Å². The highest BCUT2D eigenvalue weighted by Crippen LogP contribution is 2.37. The summed E-state index contributed by atoms with van der Waals surface area (Å²) in [6.45, 7) is 1.45. The van der Waals surface area contributed by atoms with Crippen LogP contribution in [0.25, 0.3) is 0 Å². The van der Waals surface area contributed by atoms with Crippen LogP contribution >= 0.6 is 0 Å². The average Bonchev–Trinajstić information content (AvgIpc) is 2.79. The van der Waals surface area contributed by atoms with E-state index in [-0.39, 0.29) is 0 Å². The molecule has 0 unspecified atom stereocenters. The zero-order valence-electron chi connectivity index (χ0n) is 18.5. The van der Waals surface area contributed by atoms with E-state index >= 15 is 0 Å². The number of aromatic nitrogens is 1. The first kappa shape index (κ1) is 25.1. The van der Waals surface area contributed by atoms with Crippen molar-refractivity contribution in [3.63, 3.8) is 0 Å². The zero-order chi connectivity index (χ0) is 24.4. The number of nitrogens with one attached hydrogen (secondary N) is 1. The first-order valence-corrected chi connectivity index (χ1v) is 9.84. The summed E-state index contributed by atoms with van der Waals surface area (Å²) in [7, 11) is 4.88. The molecule has 0 aliphatic carbocycles. The third-order valence-corrected chi connectivity index (χ3v) is 4.43. The summed E-state index contributed by atoms with van der Waals surface area (Å²) in [5, 5.41) is 17.7. The second kappa shape index (κ2) is 12.1. The summed E-state index contributed by atoms with van der Waals surface area (Å²) in [4.78, 5) is 36.6. The number of hydrogen-bond acceptors (Lipinski definition) is 8. The number of anilines is 1. The lowest BCUT2D eigenvalue weighted by molar-refractivity contribution is -0.134. The van der Waals surface area contributed by atoms with Crippen molar-refractivity contribution in [2.24, 2.45) is 0 Å². The summed E-state index contributed by atoms with van der Waals surface area (Å²) in [5.74, 6) is -1.47. The Hall–Kier alpha value is -4.12. The molecule has 3 rings (SSSR count). The number of fused-ring (bicyclic) bond motifs is 1. The minimum Gasteiger partial charge on any atom is -0.493 e. The molecule has 2 aromatic rings. The number of aliphatic carboxylic acids is 2. The van der Waals surface area contributed by atoms with Crippen molar-refractivity contribution in [2.45, 2.75) is 13.0 Å². The summed E-state index contributed by atoms with van der Waals surface area (Å²) >= 11 is 0. The van der Waals surface area contributed by atoms with Gasteiger partial charge in [0.2, 0.25) is 0 Å². The SMILES string of the molecule is COc1ccc2c(c1OC(=O)N(C)C)CN(Nc1ccncc1)CC2.O=C(O)/C=C/C(=O)O. The van der Waals surface area contributed by atoms with Crippen LogP contribution in [0.5, 0.6) is 11.5 Å². The monoisotopic (exact) mass is 458 g/mol. The van der Waals surface area contributed by atoms with Gasteiger partial charge in [0.1, 0.15) is 0 Å². The standard InChI is InChI=1S/C18H22N4O3.C4H4O4/c1-21(2)18(23)25-17-15-12-22(20-14-6-9-19-10-7-14)11-8-13(15)4-5-16(17)24-3;5-3(6)1-2-4(7)8/h4-7,9-10H,8,11-12H2,1-3H3,(H,19,20);1-2H,(H,5,6)(H,7,8)/b;2-1+. The molecule has 3 N–H and O–H groups in total. The smallest absolute Gasteiger partial charge is 0.414 e. The van der Waals surface area contributed by atoms with Gasteiger partial charge in [-0.15, -0.1) is 0 Å². The average molecular weight is 458 g/mol. The molecule has 0 bridgehead atoms. The fourth-order valence-electron chi connectivity index (χ4n) is 2.88. The molecular weight excluding hydrogens is 432 g/mol. The maximum absolute atomic E-state index is 12.1. The van der Waals surface area contributed by atoms with Crippen LogP contribution in [0.15, 0.2) is 48.8 Å². The second-order valence-corrected chi connectivity index (χ2v) is 7.03. The molecule has 176 valence electrons. The van der Waals surface area contributed by atoms with Gasteiger partial charge in [0.05, 0.1) is 12.8 Å². The Morgan fingerprint density at radius 3 is 2.27 bits per heavy atom. The zero-order valence-corrected chi connectivity index (χ0v) is 18.5. The van der Waals surface area contributed by atoms with Gasteiger partial charge in [-0.05, 0) is 30.2 Å². The lowest BCUT2D eigenvalue weighted by atomic mass is 9.99. The van der Waals surface area contributed by atoms with Crippen molar-refractivity contribution in [3.8, 4) is 11.5 Å². The van der Waals surface area contributed by atoms with Crippen LogP contribution in [0.1, 0.15) is 11.1 Å². The molecular formula is C22H26N4O7. The minimum absolute atomic E-state index is 0.425. The van der Waals surface area contributed by atoms with Gasteiger partial charge < -0.3 is 30.0 Å². The number of nitrogens with zero attached hydrogens (tertiary/aromatic N) is 3. The molecule has 33 heavy (non-hydrogen) atoms. The molecule has 0 fully saturated rings. The summed E-state index contributed by atoms with van der Waals surface area (Å²) < 4.78 is 11.0. The maximum atomic E-state index is 12.1. The molecule has 0 spiro atoms. The number of benzene rings is 1. The van der Waals surface area contributed by atoms with E-state index in [1.54, 1.807) is 33.6 Å².